The predicted molar refractivity (Wildman–Crippen MR) is 58.3 cm³/mol. The van der Waals surface area contributed by atoms with E-state index in [1.807, 2.05) is 6.07 Å². The molecule has 0 aromatic carbocycles. The summed E-state index contributed by atoms with van der Waals surface area (Å²) >= 11 is 0. The summed E-state index contributed by atoms with van der Waals surface area (Å²) in [7, 11) is 3.01. The smallest absolute Gasteiger partial charge is 0.313 e. The maximum absolute atomic E-state index is 11.8. The van der Waals surface area contributed by atoms with Crippen LogP contribution in [0.1, 0.15) is 24.3 Å². The maximum Gasteiger partial charge on any atom is 0.313 e. The molecule has 1 heterocycles. The number of rotatable bonds is 4. The van der Waals surface area contributed by atoms with E-state index in [9.17, 15) is 4.79 Å². The molecule has 1 fully saturated rings. The molecule has 1 aromatic heterocycles. The first kappa shape index (κ1) is 10.9. The fourth-order valence-corrected chi connectivity index (χ4v) is 1.95. The van der Waals surface area contributed by atoms with E-state index in [2.05, 4.69) is 4.98 Å². The van der Waals surface area contributed by atoms with Crippen molar-refractivity contribution < 1.29 is 14.3 Å². The Morgan fingerprint density at radius 3 is 2.81 bits per heavy atom. The van der Waals surface area contributed by atoms with Crippen molar-refractivity contribution in [3.63, 3.8) is 0 Å². The van der Waals surface area contributed by atoms with Crippen LogP contribution in [-0.2, 0) is 9.53 Å². The molecule has 0 aliphatic heterocycles. The average Bonchev–Trinajstić information content (AvgIpc) is 3.14. The lowest BCUT2D eigenvalue weighted by Gasteiger charge is -2.16. The van der Waals surface area contributed by atoms with Crippen LogP contribution < -0.4 is 4.74 Å². The summed E-state index contributed by atoms with van der Waals surface area (Å²) < 4.78 is 10.1. The van der Waals surface area contributed by atoms with E-state index in [0.717, 1.165) is 18.4 Å². The van der Waals surface area contributed by atoms with Crippen molar-refractivity contribution >= 4 is 5.97 Å². The number of esters is 1. The molecule has 1 unspecified atom stereocenters. The number of carbonyl (C=O) groups excluding carboxylic acids is 1. The van der Waals surface area contributed by atoms with Gasteiger partial charge in [-0.1, -0.05) is 0 Å². The quantitative estimate of drug-likeness (QED) is 0.727. The molecule has 4 nitrogen and oxygen atoms in total. The van der Waals surface area contributed by atoms with E-state index in [0.29, 0.717) is 11.7 Å². The van der Waals surface area contributed by atoms with Gasteiger partial charge in [0, 0.05) is 11.8 Å². The summed E-state index contributed by atoms with van der Waals surface area (Å²) in [5.74, 6) is 0.656. The number of aromatic nitrogens is 1. The summed E-state index contributed by atoms with van der Waals surface area (Å²) in [5, 5.41) is 0. The van der Waals surface area contributed by atoms with Gasteiger partial charge in [-0.15, -0.1) is 0 Å². The average molecular weight is 221 g/mol. The van der Waals surface area contributed by atoms with Crippen LogP contribution in [0.5, 0.6) is 5.75 Å². The largest absolute Gasteiger partial charge is 0.495 e. The van der Waals surface area contributed by atoms with E-state index in [1.54, 1.807) is 19.5 Å². The standard InChI is InChI=1S/C12H15NO3/c1-15-10-7-13-6-5-9(10)11(8-3-4-8)12(14)16-2/h5-8,11H,3-4H2,1-2H3. The molecule has 16 heavy (non-hydrogen) atoms. The lowest BCUT2D eigenvalue weighted by molar-refractivity contribution is -0.143. The molecular formula is C12H15NO3. The summed E-state index contributed by atoms with van der Waals surface area (Å²) in [5.41, 5.74) is 0.881. The predicted octanol–water partition coefficient (Wildman–Crippen LogP) is 1.76. The van der Waals surface area contributed by atoms with Crippen LogP contribution in [0.2, 0.25) is 0 Å². The summed E-state index contributed by atoms with van der Waals surface area (Å²) in [6.45, 7) is 0. The number of hydrogen-bond donors (Lipinski definition) is 0. The van der Waals surface area contributed by atoms with Gasteiger partial charge in [0.05, 0.1) is 26.3 Å². The highest BCUT2D eigenvalue weighted by atomic mass is 16.5. The molecular weight excluding hydrogens is 206 g/mol. The van der Waals surface area contributed by atoms with Gasteiger partial charge >= 0.3 is 5.97 Å². The summed E-state index contributed by atoms with van der Waals surface area (Å²) in [6.07, 6.45) is 5.46. The lowest BCUT2D eigenvalue weighted by atomic mass is 9.94. The Morgan fingerprint density at radius 1 is 1.50 bits per heavy atom. The van der Waals surface area contributed by atoms with Gasteiger partial charge < -0.3 is 9.47 Å². The molecule has 1 aromatic rings. The fraction of sp³-hybridized carbons (Fsp3) is 0.500. The number of nitrogens with zero attached hydrogens (tertiary/aromatic N) is 1. The molecule has 4 heteroatoms. The Labute approximate surface area is 94.6 Å². The molecule has 0 saturated heterocycles. The SMILES string of the molecule is COC(=O)C(c1ccncc1OC)C1CC1. The van der Waals surface area contributed by atoms with Crippen molar-refractivity contribution in [3.05, 3.63) is 24.0 Å². The zero-order valence-corrected chi connectivity index (χ0v) is 9.47. The molecule has 0 radical (unpaired) electrons. The third kappa shape index (κ3) is 2.01. The Morgan fingerprint density at radius 2 is 2.25 bits per heavy atom. The summed E-state index contributed by atoms with van der Waals surface area (Å²) in [4.78, 5) is 15.8. The molecule has 0 amide bonds. The lowest BCUT2D eigenvalue weighted by Crippen LogP contribution is -2.17. The summed E-state index contributed by atoms with van der Waals surface area (Å²) in [6, 6.07) is 1.83. The van der Waals surface area contributed by atoms with Crippen molar-refractivity contribution in [3.8, 4) is 5.75 Å². The topological polar surface area (TPSA) is 48.4 Å². The molecule has 0 spiro atoms. The van der Waals surface area contributed by atoms with E-state index in [-0.39, 0.29) is 11.9 Å². The van der Waals surface area contributed by atoms with Crippen LogP contribution in [0.4, 0.5) is 0 Å². The Bertz CT molecular complexity index is 388. The highest BCUT2D eigenvalue weighted by Gasteiger charge is 2.39. The maximum atomic E-state index is 11.8. The second kappa shape index (κ2) is 4.51. The second-order valence-corrected chi connectivity index (χ2v) is 3.96. The van der Waals surface area contributed by atoms with Gasteiger partial charge in [-0.25, -0.2) is 0 Å². The van der Waals surface area contributed by atoms with Crippen LogP contribution in [0.15, 0.2) is 18.5 Å². The molecule has 0 bridgehead atoms. The molecule has 1 aliphatic carbocycles. The second-order valence-electron chi connectivity index (χ2n) is 3.96. The first-order valence-corrected chi connectivity index (χ1v) is 5.33. The van der Waals surface area contributed by atoms with Crippen LogP contribution >= 0.6 is 0 Å². The van der Waals surface area contributed by atoms with Gasteiger partial charge in [-0.05, 0) is 24.8 Å². The fourth-order valence-electron chi connectivity index (χ4n) is 1.95. The third-order valence-corrected chi connectivity index (χ3v) is 2.92. The zero-order valence-electron chi connectivity index (χ0n) is 9.47. The van der Waals surface area contributed by atoms with Gasteiger partial charge in [0.2, 0.25) is 0 Å². The highest BCUT2D eigenvalue weighted by molar-refractivity contribution is 5.79. The van der Waals surface area contributed by atoms with Gasteiger partial charge in [0.25, 0.3) is 0 Å². The van der Waals surface area contributed by atoms with E-state index < -0.39 is 0 Å². The molecule has 2 rings (SSSR count). The van der Waals surface area contributed by atoms with Crippen LogP contribution in [-0.4, -0.2) is 25.2 Å². The first-order valence-electron chi connectivity index (χ1n) is 5.33. The van der Waals surface area contributed by atoms with Crippen LogP contribution in [0, 0.1) is 5.92 Å². The zero-order chi connectivity index (χ0) is 11.5. The van der Waals surface area contributed by atoms with E-state index in [4.69, 9.17) is 9.47 Å². The monoisotopic (exact) mass is 221 g/mol. The van der Waals surface area contributed by atoms with Crippen LogP contribution in [0.25, 0.3) is 0 Å². The van der Waals surface area contributed by atoms with Crippen molar-refractivity contribution in [1.29, 1.82) is 0 Å². The van der Waals surface area contributed by atoms with Crippen LogP contribution in [0.3, 0.4) is 0 Å². The normalized spacial score (nSPS) is 16.6. The Kier molecular flexibility index (Phi) is 3.08. The van der Waals surface area contributed by atoms with E-state index >= 15 is 0 Å². The number of hydrogen-bond acceptors (Lipinski definition) is 4. The van der Waals surface area contributed by atoms with Crippen molar-refractivity contribution in [2.75, 3.05) is 14.2 Å². The number of ether oxygens (including phenoxy) is 2. The minimum atomic E-state index is -0.206. The minimum Gasteiger partial charge on any atom is -0.495 e. The van der Waals surface area contributed by atoms with Gasteiger partial charge in [0.15, 0.2) is 0 Å². The molecule has 1 atom stereocenters. The molecule has 86 valence electrons. The molecule has 1 aliphatic rings. The highest BCUT2D eigenvalue weighted by Crippen LogP contribution is 2.45. The number of methoxy groups -OCH3 is 2. The van der Waals surface area contributed by atoms with Crippen molar-refractivity contribution in [2.45, 2.75) is 18.8 Å². The van der Waals surface area contributed by atoms with E-state index in [1.165, 1.54) is 7.11 Å². The first-order chi connectivity index (χ1) is 7.77. The van der Waals surface area contributed by atoms with Crippen molar-refractivity contribution in [1.82, 2.24) is 4.98 Å². The number of pyridine rings is 1. The number of carbonyl (C=O) groups is 1. The molecule has 0 N–H and O–H groups in total. The van der Waals surface area contributed by atoms with Crippen molar-refractivity contribution in [2.24, 2.45) is 5.92 Å². The van der Waals surface area contributed by atoms with Gasteiger partial charge in [-0.2, -0.15) is 0 Å². The third-order valence-electron chi connectivity index (χ3n) is 2.92. The molecule has 1 saturated carbocycles. The Balaban J connectivity index is 2.34. The Hall–Kier alpha value is -1.58. The van der Waals surface area contributed by atoms with Gasteiger partial charge in [0.1, 0.15) is 5.75 Å². The minimum absolute atomic E-state index is 0.188. The van der Waals surface area contributed by atoms with Gasteiger partial charge in [-0.3, -0.25) is 9.78 Å².